The van der Waals surface area contributed by atoms with Gasteiger partial charge in [-0.15, -0.1) is 0 Å². The van der Waals surface area contributed by atoms with Gasteiger partial charge in [-0.3, -0.25) is 0 Å². The van der Waals surface area contributed by atoms with Crippen molar-refractivity contribution in [3.05, 3.63) is 0 Å². The van der Waals surface area contributed by atoms with Crippen molar-refractivity contribution >= 4 is 12.6 Å². The maximum Gasteiger partial charge on any atom is 0.0378 e. The molecule has 1 heteroatoms. The molecular formula is C18H38S. The largest absolute Gasteiger partial charge is 0.179 e. The zero-order valence-electron chi connectivity index (χ0n) is 46.4. The van der Waals surface area contributed by atoms with Crippen molar-refractivity contribution in [2.24, 2.45) is 0 Å². The minimum absolute atomic E-state index is 3.16. The topological polar surface area (TPSA) is 0 Å². The van der Waals surface area contributed by atoms with Crippen molar-refractivity contribution in [3.63, 3.8) is 0 Å². The van der Waals surface area contributed by atoms with Gasteiger partial charge in [0, 0.05) is 50.7 Å². The van der Waals surface area contributed by atoms with E-state index in [9.17, 15) is 0 Å². The summed E-state index contributed by atoms with van der Waals surface area (Å²) in [6, 6.07) is 0. The van der Waals surface area contributed by atoms with E-state index in [1.54, 1.807) is 0 Å². The third-order valence-corrected chi connectivity index (χ3v) is 1.11. The van der Waals surface area contributed by atoms with Crippen LogP contribution in [0.4, 0.5) is 0 Å². The molecule has 0 aromatic heterocycles. The zero-order chi connectivity index (χ0) is 47.0. The maximum atomic E-state index is 8.23. The zero-order valence-corrected chi connectivity index (χ0v) is 10.3. The van der Waals surface area contributed by atoms with Crippen LogP contribution in [0, 0.1) is 0 Å². The van der Waals surface area contributed by atoms with E-state index < -0.39 is 115 Å². The van der Waals surface area contributed by atoms with Gasteiger partial charge in [-0.2, -0.15) is 12.6 Å². The third kappa shape index (κ3) is 18.4. The Morgan fingerprint density at radius 3 is 1.21 bits per heavy atom. The molecule has 0 saturated carbocycles. The molecule has 0 atom stereocenters. The summed E-state index contributed by atoms with van der Waals surface area (Å²) in [5.41, 5.74) is -3.71. The molecule has 0 aliphatic carbocycles. The molecule has 0 aromatic rings. The van der Waals surface area contributed by atoms with Crippen LogP contribution in [0.25, 0.3) is 0 Å². The Hall–Kier alpha value is 0.350. The van der Waals surface area contributed by atoms with Crippen molar-refractivity contribution in [1.82, 2.24) is 0 Å². The molecule has 0 bridgehead atoms. The van der Waals surface area contributed by atoms with Crippen LogP contribution in [0.3, 0.4) is 0 Å². The second-order valence-electron chi connectivity index (χ2n) is 2.11. The highest BCUT2D eigenvalue weighted by Gasteiger charge is 1.94. The summed E-state index contributed by atoms with van der Waals surface area (Å²) in [7, 11) is 0. The van der Waals surface area contributed by atoms with Gasteiger partial charge in [0.15, 0.2) is 0 Å². The Bertz CT molecular complexity index is 1330. The minimum Gasteiger partial charge on any atom is -0.179 e. The first-order chi connectivity index (χ1) is 23.2. The number of hydrogen-bond donors (Lipinski definition) is 1. The quantitative estimate of drug-likeness (QED) is 0.286. The van der Waals surface area contributed by atoms with Crippen LogP contribution >= 0.6 is 12.6 Å². The minimum atomic E-state index is -5.24. The van der Waals surface area contributed by atoms with Crippen LogP contribution in [-0.2, 0) is 0 Å². The van der Waals surface area contributed by atoms with Crippen molar-refractivity contribution in [1.29, 1.82) is 0 Å². The van der Waals surface area contributed by atoms with Gasteiger partial charge in [0.05, 0.1) is 0 Å². The van der Waals surface area contributed by atoms with Gasteiger partial charge in [0.1, 0.15) is 0 Å². The maximum absolute atomic E-state index is 8.23. The highest BCUT2D eigenvalue weighted by Crippen LogP contribution is 2.13. The van der Waals surface area contributed by atoms with E-state index in [-0.39, 0.29) is 0 Å². The number of rotatable bonds is 16. The molecule has 0 spiro atoms. The molecule has 0 aromatic carbocycles. The number of thiol groups is 1. The first kappa shape index (κ1) is 2.13. The van der Waals surface area contributed by atoms with Crippen molar-refractivity contribution in [2.45, 2.75) is 109 Å². The smallest absolute Gasteiger partial charge is 0.0378 e. The lowest BCUT2D eigenvalue weighted by Gasteiger charge is -2.03. The predicted molar refractivity (Wildman–Crippen MR) is 93.4 cm³/mol. The lowest BCUT2D eigenvalue weighted by Crippen LogP contribution is -1.83. The Kier molecular flexibility index (Phi) is 2.05. The van der Waals surface area contributed by atoms with E-state index in [0.29, 0.717) is 0 Å². The summed E-state index contributed by atoms with van der Waals surface area (Å²) in [6.45, 7) is -4.15. The van der Waals surface area contributed by atoms with E-state index in [1.165, 1.54) is 0 Å². The van der Waals surface area contributed by atoms with Gasteiger partial charge in [0.2, 0.25) is 0 Å². The van der Waals surface area contributed by atoms with Gasteiger partial charge in [0.25, 0.3) is 0 Å². The van der Waals surface area contributed by atoms with E-state index >= 15 is 0 Å². The molecule has 0 aliphatic heterocycles. The summed E-state index contributed by atoms with van der Waals surface area (Å²) < 4.78 is 295. The van der Waals surface area contributed by atoms with Crippen LogP contribution < -0.4 is 0 Å². The Balaban J connectivity index is 7.85. The SMILES string of the molecule is [2H]C([2H])([2H])C([2H])([2H])C([2H])([2H])C([2H])([2H])C([2H])([2H])C([2H])([2H])C([2H])([2H])C([2H])([2H])C([2H])([2H])C([2H])([2H])C([2H])([2H])C([2H])([2H])C([2H])([2H])C([2H])([2H])C([2H])([2H])C([2H])([2H])C([2H])([2H])C([2H])([2H])S. The predicted octanol–water partition coefficient (Wildman–Crippen LogP) is 7.18. The fourth-order valence-corrected chi connectivity index (χ4v) is 0.521. The average Bonchev–Trinajstić information content (AvgIpc) is 2.94. The molecular weight excluding hydrogens is 248 g/mol. The third-order valence-electron chi connectivity index (χ3n) is 0.993. The fraction of sp³-hybridized carbons (Fsp3) is 1.00. The summed E-state index contributed by atoms with van der Waals surface area (Å²) in [4.78, 5) is 0. The van der Waals surface area contributed by atoms with Gasteiger partial charge in [-0.25, -0.2) is 0 Å². The fourth-order valence-electron chi connectivity index (χ4n) is 0.465. The summed E-state index contributed by atoms with van der Waals surface area (Å²) in [6.07, 6.45) is -79.2. The van der Waals surface area contributed by atoms with E-state index in [2.05, 4.69) is 12.6 Å². The normalized spacial score (nSPS) is 53.4. The van der Waals surface area contributed by atoms with Crippen molar-refractivity contribution in [3.8, 4) is 0 Å². The highest BCUT2D eigenvalue weighted by molar-refractivity contribution is 7.80. The molecule has 0 nitrogen and oxygen atoms in total. The first-order valence-corrected chi connectivity index (χ1v) is 4.92. The van der Waals surface area contributed by atoms with Gasteiger partial charge in [-0.1, -0.05) is 102 Å². The lowest BCUT2D eigenvalue weighted by molar-refractivity contribution is 0.532. The van der Waals surface area contributed by atoms with E-state index in [1.807, 2.05) is 0 Å². The first-order valence-electron chi connectivity index (χ1n) is 23.0. The molecule has 0 N–H and O–H groups in total. The van der Waals surface area contributed by atoms with Gasteiger partial charge in [-0.05, 0) is 12.1 Å². The van der Waals surface area contributed by atoms with Crippen LogP contribution in [0.15, 0.2) is 0 Å². The summed E-state index contributed by atoms with van der Waals surface area (Å²) in [5, 5.41) is 0. The Morgan fingerprint density at radius 2 is 0.895 bits per heavy atom. The van der Waals surface area contributed by atoms with Crippen LogP contribution in [0.2, 0.25) is 0 Å². The number of hydrogen-bond acceptors (Lipinski definition) is 1. The van der Waals surface area contributed by atoms with Crippen LogP contribution in [0.5, 0.6) is 0 Å². The van der Waals surface area contributed by atoms with Crippen molar-refractivity contribution < 1.29 is 50.7 Å². The molecule has 19 heavy (non-hydrogen) atoms. The van der Waals surface area contributed by atoms with Crippen molar-refractivity contribution in [2.75, 3.05) is 5.70 Å². The lowest BCUT2D eigenvalue weighted by atomic mass is 10.0. The van der Waals surface area contributed by atoms with E-state index in [4.69, 9.17) is 50.7 Å². The second kappa shape index (κ2) is 18.4. The van der Waals surface area contributed by atoms with Gasteiger partial charge >= 0.3 is 0 Å². The monoisotopic (exact) mass is 324 g/mol. The summed E-state index contributed by atoms with van der Waals surface area (Å²) in [5.74, 6) is 0. The summed E-state index contributed by atoms with van der Waals surface area (Å²) >= 11 is 3.16. The average molecular weight is 324 g/mol. The standard InChI is InChI=1S/C18H38S/c1-2-3-4-5-6-7-8-9-10-11-12-13-14-15-16-17-18-19/h19H,2-18H2,1H3/i1D3,2D2,3D2,4D2,5D2,6D2,7D2,8D2,9D2,10D2,11D2,12D2,13D2,14D2,15D2,16D2,17D2,18D2. The molecule has 0 heterocycles. The van der Waals surface area contributed by atoms with Gasteiger partial charge < -0.3 is 0 Å². The Labute approximate surface area is 180 Å². The van der Waals surface area contributed by atoms with E-state index in [0.717, 1.165) is 0 Å². The molecule has 0 saturated heterocycles. The van der Waals surface area contributed by atoms with Crippen LogP contribution in [-0.4, -0.2) is 5.70 Å². The molecule has 0 unspecified atom stereocenters. The molecule has 0 amide bonds. The second-order valence-corrected chi connectivity index (χ2v) is 2.34. The molecule has 0 rings (SSSR count). The molecule has 0 fully saturated rings. The molecule has 0 aliphatic rings. The molecule has 116 valence electrons. The van der Waals surface area contributed by atoms with Crippen LogP contribution in [0.1, 0.15) is 160 Å². The Morgan fingerprint density at radius 1 is 0.579 bits per heavy atom. The molecule has 0 radical (unpaired) electrons. The highest BCUT2D eigenvalue weighted by atomic mass is 32.1.